The van der Waals surface area contributed by atoms with Crippen LogP contribution in [0, 0.1) is 5.92 Å². The van der Waals surface area contributed by atoms with E-state index in [0.29, 0.717) is 29.5 Å². The Morgan fingerprint density at radius 1 is 1.00 bits per heavy atom. The molecule has 136 valence electrons. The number of aromatic nitrogens is 1. The van der Waals surface area contributed by atoms with Gasteiger partial charge in [-0.1, -0.05) is 0 Å². The van der Waals surface area contributed by atoms with Crippen LogP contribution in [0.1, 0.15) is 59.1 Å². The van der Waals surface area contributed by atoms with Crippen molar-refractivity contribution in [1.82, 2.24) is 9.47 Å². The second kappa shape index (κ2) is 5.13. The Labute approximate surface area is 147 Å². The number of likely N-dealkylation sites (tertiary alicyclic amines) is 1. The summed E-state index contributed by atoms with van der Waals surface area (Å²) in [7, 11) is 0. The Hall–Kier alpha value is -2.24. The summed E-state index contributed by atoms with van der Waals surface area (Å²) in [4.78, 5) is 26.9. The minimum absolute atomic E-state index is 0.00407. The van der Waals surface area contributed by atoms with Crippen LogP contribution >= 0.6 is 0 Å². The van der Waals surface area contributed by atoms with Crippen molar-refractivity contribution >= 4 is 17.9 Å². The number of aromatic hydroxyl groups is 2. The summed E-state index contributed by atoms with van der Waals surface area (Å²) in [6.45, 7) is 11.1. The smallest absolute Gasteiger partial charge is 0.257 e. The van der Waals surface area contributed by atoms with Crippen LogP contribution in [0.3, 0.4) is 0 Å². The zero-order valence-electron chi connectivity index (χ0n) is 15.7. The number of fused-ring (bicyclic) bond motifs is 2. The monoisotopic (exact) mass is 346 g/mol. The van der Waals surface area contributed by atoms with E-state index >= 15 is 0 Å². The van der Waals surface area contributed by atoms with Crippen LogP contribution in [0.15, 0.2) is 5.57 Å². The van der Waals surface area contributed by atoms with Crippen molar-refractivity contribution in [2.24, 2.45) is 5.92 Å². The van der Waals surface area contributed by atoms with Gasteiger partial charge in [0.15, 0.2) is 5.88 Å². The molecule has 1 aliphatic carbocycles. The van der Waals surface area contributed by atoms with Crippen LogP contribution in [-0.2, 0) is 21.5 Å². The first-order valence-electron chi connectivity index (χ1n) is 8.61. The molecule has 0 saturated carbocycles. The van der Waals surface area contributed by atoms with E-state index in [9.17, 15) is 19.8 Å². The van der Waals surface area contributed by atoms with Gasteiger partial charge in [-0.25, -0.2) is 0 Å². The molecule has 2 amide bonds. The van der Waals surface area contributed by atoms with Crippen molar-refractivity contribution in [1.29, 1.82) is 0 Å². The van der Waals surface area contributed by atoms with E-state index in [1.165, 1.54) is 9.47 Å². The van der Waals surface area contributed by atoms with Crippen LogP contribution in [0.25, 0.3) is 6.08 Å². The third-order valence-electron chi connectivity index (χ3n) is 4.93. The summed E-state index contributed by atoms with van der Waals surface area (Å²) >= 11 is 0. The Morgan fingerprint density at radius 3 is 2.12 bits per heavy atom. The summed E-state index contributed by atoms with van der Waals surface area (Å²) in [5, 5.41) is 21.2. The zero-order valence-corrected chi connectivity index (χ0v) is 15.7. The molecule has 0 aromatic carbocycles. The second-order valence-electron chi connectivity index (χ2n) is 8.89. The van der Waals surface area contributed by atoms with Gasteiger partial charge in [-0.15, -0.1) is 0 Å². The Morgan fingerprint density at radius 2 is 1.60 bits per heavy atom. The highest BCUT2D eigenvalue weighted by Gasteiger charge is 2.48. The number of hydrogen-bond acceptors (Lipinski definition) is 4. The van der Waals surface area contributed by atoms with Crippen molar-refractivity contribution in [3.63, 3.8) is 0 Å². The number of rotatable bonds is 0. The van der Waals surface area contributed by atoms with Gasteiger partial charge in [0.1, 0.15) is 0 Å². The molecular weight excluding hydrogens is 320 g/mol. The van der Waals surface area contributed by atoms with Crippen LogP contribution < -0.4 is 0 Å². The third kappa shape index (κ3) is 2.46. The van der Waals surface area contributed by atoms with E-state index in [4.69, 9.17) is 0 Å². The van der Waals surface area contributed by atoms with Gasteiger partial charge in [0, 0.05) is 27.8 Å². The molecule has 6 heteroatoms. The highest BCUT2D eigenvalue weighted by atomic mass is 16.3. The quantitative estimate of drug-likeness (QED) is 0.708. The molecule has 2 aliphatic rings. The average Bonchev–Trinajstić information content (AvgIpc) is 2.73. The van der Waals surface area contributed by atoms with Crippen LogP contribution in [0.2, 0.25) is 0 Å². The van der Waals surface area contributed by atoms with Gasteiger partial charge in [0.2, 0.25) is 11.8 Å². The lowest BCUT2D eigenvalue weighted by molar-refractivity contribution is -0.144. The third-order valence-corrected chi connectivity index (χ3v) is 4.93. The fourth-order valence-electron chi connectivity index (χ4n) is 3.83. The Balaban J connectivity index is 2.18. The summed E-state index contributed by atoms with van der Waals surface area (Å²) in [5.74, 6) is -1.08. The molecule has 1 atom stereocenters. The summed E-state index contributed by atoms with van der Waals surface area (Å²) < 4.78 is 1.47. The van der Waals surface area contributed by atoms with Crippen molar-refractivity contribution in [2.75, 3.05) is 0 Å². The van der Waals surface area contributed by atoms with Gasteiger partial charge in [-0.2, -0.15) is 0 Å². The van der Waals surface area contributed by atoms with Gasteiger partial charge in [-0.05, 0) is 60.5 Å². The predicted molar refractivity (Wildman–Crippen MR) is 94.2 cm³/mol. The highest BCUT2D eigenvalue weighted by Crippen LogP contribution is 2.45. The molecule has 6 nitrogen and oxygen atoms in total. The number of nitrogens with zero attached hydrogens (tertiary/aromatic N) is 2. The van der Waals surface area contributed by atoms with E-state index in [1.807, 2.05) is 41.5 Å². The van der Waals surface area contributed by atoms with E-state index < -0.39 is 17.0 Å². The van der Waals surface area contributed by atoms with Gasteiger partial charge >= 0.3 is 0 Å². The standard InChI is InChI=1S/C19H26N2O4/c1-18(2,3)20-14(22)10-7-8-11-13(9-12(10)16(20)24)17(25)21(15(11)23)19(4,5)6/h9-10,23,25H,7-8H2,1-6H3. The first-order valence-corrected chi connectivity index (χ1v) is 8.61. The molecular formula is C19H26N2O4. The highest BCUT2D eigenvalue weighted by molar-refractivity contribution is 6.17. The lowest BCUT2D eigenvalue weighted by atomic mass is 9.97. The van der Waals surface area contributed by atoms with Crippen LogP contribution in [0.4, 0.5) is 0 Å². The summed E-state index contributed by atoms with van der Waals surface area (Å²) in [6.07, 6.45) is 2.47. The molecule has 25 heavy (non-hydrogen) atoms. The minimum atomic E-state index is -0.592. The number of carbonyl (C=O) groups is 2. The lowest BCUT2D eigenvalue weighted by Gasteiger charge is -2.29. The largest absolute Gasteiger partial charge is 0.494 e. The second-order valence-corrected chi connectivity index (χ2v) is 8.89. The first kappa shape index (κ1) is 17.6. The molecule has 0 spiro atoms. The molecule has 3 rings (SSSR count). The van der Waals surface area contributed by atoms with Gasteiger partial charge in [0.05, 0.1) is 5.92 Å². The van der Waals surface area contributed by atoms with Crippen molar-refractivity contribution in [3.8, 4) is 11.8 Å². The maximum absolute atomic E-state index is 12.8. The normalized spacial score (nSPS) is 21.1. The number of imide groups is 1. The van der Waals surface area contributed by atoms with Crippen LogP contribution in [-0.4, -0.2) is 37.0 Å². The van der Waals surface area contributed by atoms with Crippen molar-refractivity contribution in [2.45, 2.75) is 65.5 Å². The maximum Gasteiger partial charge on any atom is 0.257 e. The minimum Gasteiger partial charge on any atom is -0.494 e. The van der Waals surface area contributed by atoms with Crippen LogP contribution in [0.5, 0.6) is 11.8 Å². The van der Waals surface area contributed by atoms with E-state index in [0.717, 1.165) is 0 Å². The molecule has 2 heterocycles. The molecule has 1 aromatic rings. The summed E-state index contributed by atoms with van der Waals surface area (Å²) in [6, 6.07) is 0. The molecule has 0 bridgehead atoms. The SMILES string of the molecule is CC(C)(C)N1C(=O)C2=Cc3c(c(O)n(C(C)(C)C)c3O)CCC2C1=O. The maximum atomic E-state index is 12.8. The van der Waals surface area contributed by atoms with Gasteiger partial charge in [0.25, 0.3) is 5.91 Å². The fourth-order valence-corrected chi connectivity index (χ4v) is 3.83. The average molecular weight is 346 g/mol. The van der Waals surface area contributed by atoms with Gasteiger partial charge in [-0.3, -0.25) is 19.1 Å². The number of hydrogen-bond donors (Lipinski definition) is 2. The van der Waals surface area contributed by atoms with Gasteiger partial charge < -0.3 is 10.2 Å². The van der Waals surface area contributed by atoms with E-state index in [-0.39, 0.29) is 23.6 Å². The van der Waals surface area contributed by atoms with Crippen molar-refractivity contribution in [3.05, 3.63) is 16.7 Å². The van der Waals surface area contributed by atoms with Crippen molar-refractivity contribution < 1.29 is 19.8 Å². The first-order chi connectivity index (χ1) is 11.4. The zero-order chi connectivity index (χ0) is 18.9. The number of carbonyl (C=O) groups excluding carboxylic acids is 2. The fraction of sp³-hybridized carbons (Fsp3) is 0.579. The molecule has 1 aliphatic heterocycles. The topological polar surface area (TPSA) is 82.8 Å². The Kier molecular flexibility index (Phi) is 3.61. The Bertz CT molecular complexity index is 803. The summed E-state index contributed by atoms with van der Waals surface area (Å²) in [5.41, 5.74) is 0.343. The molecule has 1 saturated heterocycles. The molecule has 1 fully saturated rings. The molecule has 1 aromatic heterocycles. The predicted octanol–water partition coefficient (Wildman–Crippen LogP) is 2.77. The molecule has 1 unspecified atom stereocenters. The lowest BCUT2D eigenvalue weighted by Crippen LogP contribution is -2.45. The molecule has 0 radical (unpaired) electrons. The number of amides is 2. The molecule has 2 N–H and O–H groups in total. The van der Waals surface area contributed by atoms with E-state index in [2.05, 4.69) is 0 Å². The van der Waals surface area contributed by atoms with E-state index in [1.54, 1.807) is 6.08 Å².